The number of aryl methyl sites for hydroxylation is 2. The molecule has 4 rings (SSSR count). The fourth-order valence-electron chi connectivity index (χ4n) is 3.28. The predicted octanol–water partition coefficient (Wildman–Crippen LogP) is 5.58. The van der Waals surface area contributed by atoms with E-state index in [2.05, 4.69) is 15.3 Å². The van der Waals surface area contributed by atoms with Crippen LogP contribution in [-0.2, 0) is 17.6 Å². The van der Waals surface area contributed by atoms with Crippen LogP contribution in [0.3, 0.4) is 0 Å². The van der Waals surface area contributed by atoms with Gasteiger partial charge in [-0.2, -0.15) is 0 Å². The average Bonchev–Trinajstić information content (AvgIpc) is 3.03. The normalized spacial score (nSPS) is 13.5. The van der Waals surface area contributed by atoms with Crippen LogP contribution in [0, 0.1) is 0 Å². The van der Waals surface area contributed by atoms with Crippen LogP contribution >= 0.6 is 46.3 Å². The Morgan fingerprint density at radius 3 is 2.75 bits per heavy atom. The number of fused-ring (bicyclic) bond motifs is 3. The molecule has 146 valence electrons. The quantitative estimate of drug-likeness (QED) is 0.389. The number of aromatic nitrogens is 2. The number of para-hydroxylation sites is 1. The fraction of sp³-hybridized carbons (Fsp3) is 0.316. The van der Waals surface area contributed by atoms with Gasteiger partial charge in [-0.3, -0.25) is 4.79 Å². The van der Waals surface area contributed by atoms with Crippen molar-refractivity contribution in [3.63, 3.8) is 0 Å². The molecule has 0 radical (unpaired) electrons. The number of nitrogens with zero attached hydrogens (tertiary/aromatic N) is 2. The highest BCUT2D eigenvalue weighted by molar-refractivity contribution is 7.99. The molecule has 3 aromatic rings. The largest absolute Gasteiger partial charge is 0.383 e. The molecule has 5 nitrogen and oxygen atoms in total. The molecule has 1 aliphatic carbocycles. The number of carbonyl (C=O) groups excluding carboxylic acids is 1. The molecular weight excluding hydrogens is 435 g/mol. The molecule has 2 aromatic heterocycles. The van der Waals surface area contributed by atoms with Gasteiger partial charge in [-0.1, -0.05) is 41.0 Å². The molecule has 0 unspecified atom stereocenters. The highest BCUT2D eigenvalue weighted by atomic mass is 35.5. The number of thiophene rings is 1. The van der Waals surface area contributed by atoms with Crippen LogP contribution in [0.25, 0.3) is 10.2 Å². The van der Waals surface area contributed by atoms with Crippen LogP contribution in [0.1, 0.15) is 29.7 Å². The third-order valence-electron chi connectivity index (χ3n) is 4.61. The van der Waals surface area contributed by atoms with Gasteiger partial charge in [0.25, 0.3) is 0 Å². The lowest BCUT2D eigenvalue weighted by molar-refractivity contribution is -0.115. The first-order valence-corrected chi connectivity index (χ1v) is 11.5. The van der Waals surface area contributed by atoms with Crippen molar-refractivity contribution >= 4 is 73.9 Å². The second kappa shape index (κ2) is 8.45. The number of nitrogens with two attached hydrogens (primary N) is 1. The maximum absolute atomic E-state index is 12.2. The number of rotatable bonds is 5. The number of benzene rings is 1. The van der Waals surface area contributed by atoms with Gasteiger partial charge >= 0.3 is 0 Å². The Kier molecular flexibility index (Phi) is 5.96. The topological polar surface area (TPSA) is 80.9 Å². The first-order valence-electron chi connectivity index (χ1n) is 8.97. The Balaban J connectivity index is 1.41. The van der Waals surface area contributed by atoms with Crippen LogP contribution in [0.15, 0.2) is 23.4 Å². The summed E-state index contributed by atoms with van der Waals surface area (Å²) in [5, 5.41) is 5.21. The van der Waals surface area contributed by atoms with E-state index in [1.165, 1.54) is 35.0 Å². The van der Waals surface area contributed by atoms with E-state index in [1.54, 1.807) is 29.5 Å². The fourth-order valence-corrected chi connectivity index (χ4v) is 5.89. The molecule has 0 bridgehead atoms. The molecule has 28 heavy (non-hydrogen) atoms. The number of thioether (sulfide) groups is 1. The van der Waals surface area contributed by atoms with Crippen molar-refractivity contribution in [3.8, 4) is 0 Å². The lowest BCUT2D eigenvalue weighted by Crippen LogP contribution is -2.13. The summed E-state index contributed by atoms with van der Waals surface area (Å²) in [5.41, 5.74) is 7.99. The minimum atomic E-state index is -0.164. The molecule has 0 atom stereocenters. The summed E-state index contributed by atoms with van der Waals surface area (Å²) >= 11 is 15.3. The molecule has 3 N–H and O–H groups in total. The Morgan fingerprint density at radius 2 is 1.96 bits per heavy atom. The molecule has 1 amide bonds. The van der Waals surface area contributed by atoms with E-state index in [4.69, 9.17) is 28.9 Å². The Labute approximate surface area is 181 Å². The molecule has 2 heterocycles. The van der Waals surface area contributed by atoms with Gasteiger partial charge in [0.05, 0.1) is 21.1 Å². The second-order valence-electron chi connectivity index (χ2n) is 6.53. The summed E-state index contributed by atoms with van der Waals surface area (Å²) in [5.74, 6) is 0.909. The van der Waals surface area contributed by atoms with Crippen molar-refractivity contribution in [2.75, 3.05) is 16.8 Å². The van der Waals surface area contributed by atoms with Gasteiger partial charge in [0.2, 0.25) is 5.91 Å². The van der Waals surface area contributed by atoms with E-state index >= 15 is 0 Å². The maximum Gasteiger partial charge on any atom is 0.225 e. The van der Waals surface area contributed by atoms with Crippen molar-refractivity contribution in [1.29, 1.82) is 0 Å². The Hall–Kier alpha value is -1.54. The van der Waals surface area contributed by atoms with Crippen LogP contribution in [0.2, 0.25) is 10.0 Å². The van der Waals surface area contributed by atoms with Gasteiger partial charge in [-0.15, -0.1) is 11.3 Å². The van der Waals surface area contributed by atoms with Crippen molar-refractivity contribution < 1.29 is 4.79 Å². The third kappa shape index (κ3) is 4.08. The molecule has 0 spiro atoms. The zero-order chi connectivity index (χ0) is 19.7. The molecule has 0 aliphatic heterocycles. The average molecular weight is 453 g/mol. The summed E-state index contributed by atoms with van der Waals surface area (Å²) < 4.78 is 0. The van der Waals surface area contributed by atoms with Crippen LogP contribution in [0.5, 0.6) is 0 Å². The minimum Gasteiger partial charge on any atom is -0.383 e. The smallest absolute Gasteiger partial charge is 0.225 e. The molecule has 0 saturated heterocycles. The van der Waals surface area contributed by atoms with E-state index in [0.717, 1.165) is 23.1 Å². The summed E-state index contributed by atoms with van der Waals surface area (Å²) in [6.07, 6.45) is 4.86. The number of anilines is 2. The van der Waals surface area contributed by atoms with E-state index in [0.29, 0.717) is 32.5 Å². The number of hydrogen-bond donors (Lipinski definition) is 2. The zero-order valence-electron chi connectivity index (χ0n) is 14.9. The van der Waals surface area contributed by atoms with E-state index in [-0.39, 0.29) is 12.3 Å². The lowest BCUT2D eigenvalue weighted by atomic mass is 9.97. The van der Waals surface area contributed by atoms with Gasteiger partial charge in [-0.05, 0) is 43.4 Å². The molecule has 0 fully saturated rings. The van der Waals surface area contributed by atoms with Crippen LogP contribution < -0.4 is 11.1 Å². The number of halogens is 2. The highest BCUT2D eigenvalue weighted by Crippen LogP contribution is 2.38. The summed E-state index contributed by atoms with van der Waals surface area (Å²) in [4.78, 5) is 23.7. The SMILES string of the molecule is Nc1nc(SCCC(=O)Nc2c(Cl)cccc2Cl)nc2sc3c(c12)CCCC3. The molecule has 1 aromatic carbocycles. The number of nitrogen functional groups attached to an aromatic ring is 1. The monoisotopic (exact) mass is 452 g/mol. The lowest BCUT2D eigenvalue weighted by Gasteiger charge is -2.10. The van der Waals surface area contributed by atoms with Crippen molar-refractivity contribution in [2.45, 2.75) is 37.3 Å². The summed E-state index contributed by atoms with van der Waals surface area (Å²) in [6, 6.07) is 5.10. The van der Waals surface area contributed by atoms with Crippen molar-refractivity contribution in [3.05, 3.63) is 38.7 Å². The van der Waals surface area contributed by atoms with Gasteiger partial charge in [0, 0.05) is 17.1 Å². The van der Waals surface area contributed by atoms with Crippen LogP contribution in [-0.4, -0.2) is 21.6 Å². The summed E-state index contributed by atoms with van der Waals surface area (Å²) in [7, 11) is 0. The number of nitrogens with one attached hydrogen (secondary N) is 1. The van der Waals surface area contributed by atoms with E-state index < -0.39 is 0 Å². The van der Waals surface area contributed by atoms with Gasteiger partial charge in [-0.25, -0.2) is 9.97 Å². The maximum atomic E-state index is 12.2. The van der Waals surface area contributed by atoms with Gasteiger partial charge in [0.15, 0.2) is 5.16 Å². The van der Waals surface area contributed by atoms with Crippen molar-refractivity contribution in [1.82, 2.24) is 9.97 Å². The summed E-state index contributed by atoms with van der Waals surface area (Å²) in [6.45, 7) is 0. The molecular formula is C19H18Cl2N4OS2. The Morgan fingerprint density at radius 1 is 1.21 bits per heavy atom. The first kappa shape index (κ1) is 19.8. The number of hydrogen-bond acceptors (Lipinski definition) is 6. The minimum absolute atomic E-state index is 0.164. The van der Waals surface area contributed by atoms with E-state index in [9.17, 15) is 4.79 Å². The number of carbonyl (C=O) groups is 1. The molecule has 1 aliphatic rings. The van der Waals surface area contributed by atoms with Gasteiger partial charge in [0.1, 0.15) is 10.6 Å². The number of amides is 1. The molecule has 9 heteroatoms. The predicted molar refractivity (Wildman–Crippen MR) is 119 cm³/mol. The Bertz CT molecular complexity index is 1030. The standard InChI is InChI=1S/C19H18Cl2N4OS2/c20-11-5-3-6-12(21)16(11)23-14(26)8-9-27-19-24-17(22)15-10-4-1-2-7-13(10)28-18(15)25-19/h3,5-6H,1-2,4,7-9H2,(H,23,26)(H2,22,24,25). The molecule has 0 saturated carbocycles. The van der Waals surface area contributed by atoms with Gasteiger partial charge < -0.3 is 11.1 Å². The second-order valence-corrected chi connectivity index (χ2v) is 9.49. The zero-order valence-corrected chi connectivity index (χ0v) is 18.1. The van der Waals surface area contributed by atoms with Crippen molar-refractivity contribution in [2.24, 2.45) is 0 Å². The highest BCUT2D eigenvalue weighted by Gasteiger charge is 2.20. The first-order chi connectivity index (χ1) is 13.5. The van der Waals surface area contributed by atoms with Crippen LogP contribution in [0.4, 0.5) is 11.5 Å². The third-order valence-corrected chi connectivity index (χ3v) is 7.27. The van der Waals surface area contributed by atoms with E-state index in [1.807, 2.05) is 0 Å².